The molecular weight excluding hydrogens is 2040 g/mol. The second-order valence-corrected chi connectivity index (χ2v) is 28.9. The van der Waals surface area contributed by atoms with Gasteiger partial charge in [-0.3, -0.25) is 0 Å². The summed E-state index contributed by atoms with van der Waals surface area (Å²) >= 11 is 0. The minimum atomic E-state index is -2.50. The Hall–Kier alpha value is -11.8. The average Bonchev–Trinajstić information content (AvgIpc) is 1.53. The third-order valence-corrected chi connectivity index (χ3v) is 20.1. The molecule has 0 amide bonds. The van der Waals surface area contributed by atoms with Crippen molar-refractivity contribution in [1.29, 1.82) is 15.8 Å². The Bertz CT molecular complexity index is 5880. The number of hydrogen-bond acceptors (Lipinski definition) is 23. The van der Waals surface area contributed by atoms with Crippen LogP contribution in [-0.2, 0) is 63.2 Å². The van der Waals surface area contributed by atoms with E-state index in [1.807, 2.05) is 57.2 Å². The predicted molar refractivity (Wildman–Crippen MR) is 468 cm³/mol. The Labute approximate surface area is 776 Å². The van der Waals surface area contributed by atoms with Crippen LogP contribution in [0, 0.1) is 135 Å². The third kappa shape index (κ3) is 17.6. The molecule has 0 bridgehead atoms. The predicted octanol–water partition coefficient (Wildman–Crippen LogP) is 20.4. The van der Waals surface area contributed by atoms with Gasteiger partial charge in [0.25, 0.3) is 0 Å². The number of benzene rings is 6. The van der Waals surface area contributed by atoms with E-state index in [1.165, 1.54) is 101 Å². The maximum Gasteiger partial charge on any atom is 4.00 e. The van der Waals surface area contributed by atoms with E-state index in [9.17, 15) is 0 Å². The van der Waals surface area contributed by atoms with E-state index in [-0.39, 0.29) is 86.7 Å². The quantitative estimate of drug-likeness (QED) is 0.104. The van der Waals surface area contributed by atoms with E-state index < -0.39 is 41.9 Å². The van der Waals surface area contributed by atoms with Crippen LogP contribution < -0.4 is 58.8 Å². The summed E-state index contributed by atoms with van der Waals surface area (Å²) in [6, 6.07) is 48.7. The van der Waals surface area contributed by atoms with Gasteiger partial charge >= 0.3 is 63.2 Å². The fourth-order valence-corrected chi connectivity index (χ4v) is 15.2. The molecule has 0 aliphatic carbocycles. The Morgan fingerprint density at radius 1 is 0.300 bits per heavy atom. The van der Waals surface area contributed by atoms with Gasteiger partial charge in [0.15, 0.2) is 0 Å². The van der Waals surface area contributed by atoms with Gasteiger partial charge in [-0.1, -0.05) is 89.1 Å². The minimum absolute atomic E-state index is 0. The summed E-state index contributed by atoms with van der Waals surface area (Å²) < 4.78 is 146. The van der Waals surface area contributed by atoms with E-state index in [2.05, 4.69) is 157 Å². The summed E-state index contributed by atoms with van der Waals surface area (Å²) in [6.45, 7) is 33.9. The molecule has 0 fully saturated rings. The molecule has 6 aliphatic rings. The van der Waals surface area contributed by atoms with Gasteiger partial charge in [-0.25, -0.2) is 39.9 Å². The van der Waals surface area contributed by atoms with Crippen LogP contribution in [-0.4, -0.2) is 81.7 Å². The van der Waals surface area contributed by atoms with E-state index in [4.69, 9.17) is 60.2 Å². The molecule has 0 saturated carbocycles. The average molecular weight is 2150 g/mol. The van der Waals surface area contributed by atoms with Crippen LogP contribution in [0.1, 0.15) is 134 Å². The molecule has 0 unspecified atom stereocenters. The number of pyridine rings is 4. The summed E-state index contributed by atoms with van der Waals surface area (Å²) in [7, 11) is 0. The van der Waals surface area contributed by atoms with Crippen molar-refractivity contribution in [3.8, 4) is 33.4 Å². The molecular formula is C94H91N23Pt3. The molecule has 0 spiro atoms. The van der Waals surface area contributed by atoms with Gasteiger partial charge in [0, 0.05) is 97.0 Å². The summed E-state index contributed by atoms with van der Waals surface area (Å²) in [5, 5.41) is 18.8. The van der Waals surface area contributed by atoms with Gasteiger partial charge in [0.1, 0.15) is 46.5 Å². The van der Waals surface area contributed by atoms with Crippen molar-refractivity contribution < 1.29 is 87.9 Å². The van der Waals surface area contributed by atoms with Gasteiger partial charge in [-0.2, -0.15) is 26.7 Å². The van der Waals surface area contributed by atoms with E-state index in [0.717, 1.165) is 76.6 Å². The van der Waals surface area contributed by atoms with Gasteiger partial charge in [0.05, 0.1) is 0 Å². The van der Waals surface area contributed by atoms with Crippen molar-refractivity contribution in [1.82, 2.24) is 39.9 Å². The van der Waals surface area contributed by atoms with E-state index in [1.54, 1.807) is 103 Å². The van der Waals surface area contributed by atoms with Crippen LogP contribution in [0.2, 0.25) is 0 Å². The van der Waals surface area contributed by atoms with Crippen LogP contribution >= 0.6 is 0 Å². The minimum Gasteiger partial charge on any atom is -0.512 e. The van der Waals surface area contributed by atoms with Gasteiger partial charge in [0.2, 0.25) is 0 Å². The third-order valence-electron chi connectivity index (χ3n) is 20.1. The number of anilines is 18. The molecule has 6 aromatic heterocycles. The maximum absolute atomic E-state index is 8.22. The Morgan fingerprint density at radius 3 is 0.783 bits per heavy atom. The van der Waals surface area contributed by atoms with Crippen LogP contribution in [0.25, 0.3) is 33.4 Å². The first-order chi connectivity index (χ1) is 63.7. The summed E-state index contributed by atoms with van der Waals surface area (Å²) in [5.74, 6) is 3.60. The largest absolute Gasteiger partial charge is 4.00 e. The zero-order valence-electron chi connectivity index (χ0n) is 85.1. The molecule has 612 valence electrons. The van der Waals surface area contributed by atoms with Gasteiger partial charge in [-0.15, -0.1) is 119 Å². The molecule has 12 aromatic rings. The molecule has 6 aliphatic heterocycles. The topological polar surface area (TPSA) is 213 Å². The van der Waals surface area contributed by atoms with Crippen molar-refractivity contribution in [3.05, 3.63) is 299 Å². The molecule has 18 rings (SSSR count). The fourth-order valence-electron chi connectivity index (χ4n) is 15.2. The van der Waals surface area contributed by atoms with Crippen molar-refractivity contribution in [3.63, 3.8) is 0 Å². The fraction of sp³-hybridized carbons (Fsp3) is 0.223. The molecule has 0 radical (unpaired) electrons. The van der Waals surface area contributed by atoms with Crippen molar-refractivity contribution in [2.75, 3.05) is 101 Å². The Balaban J connectivity index is 0.000000206. The Kier molecular flexibility index (Phi) is 21.8. The normalized spacial score (nSPS) is 16.4. The van der Waals surface area contributed by atoms with Crippen molar-refractivity contribution in [2.45, 2.75) is 101 Å². The zero-order chi connectivity index (χ0) is 98.5. The van der Waals surface area contributed by atoms with Crippen LogP contribution in [0.4, 0.5) is 103 Å². The Morgan fingerprint density at radius 2 is 0.533 bits per heavy atom. The second kappa shape index (κ2) is 38.5. The standard InChI is InChI=1S/C35H39N6.C29H27N6.C27H25N8.3CN.3Pt/c1-22(2)25-17-29(23(3)4)33(30(18-25)24(5)6)26-15-27(40-20-38(7)31-11-9-13-36-34(31)40)19-28(16-26)41-21-39(8)32-12-10-14-37-35(32)41;1-19-12-20(2)27(21(3)13-19)22-14-23(34-17-32(4)25-8-6-10-30-28(25)34)16-24(15-22)35-18-33(5)26-9-7-11-31-29(26)35;1-17-10-18(2)23(19(3)11-17)20-12-21(34-15-32(4)24-26(34)30-8-6-28-24)14-22(13-20)35-16-33(5)25-27(35)31-9-7-29-25;3*1-2;;;/h9-18,20-24H,1-8H3;6-15,17-18H,1-5H3;6-13,15-16H,1-5H3;;;;;;/q3*-3;3*-1;3*+4/i7D3,8D3;2*4D3,5D3;;;;;;. The molecule has 0 saturated heterocycles. The van der Waals surface area contributed by atoms with Crippen molar-refractivity contribution >= 4 is 103 Å². The summed E-state index contributed by atoms with van der Waals surface area (Å²) in [5.41, 5.74) is 20.8. The molecule has 0 atom stereocenters. The van der Waals surface area contributed by atoms with Crippen LogP contribution in [0.3, 0.4) is 0 Å². The summed E-state index contributed by atoms with van der Waals surface area (Å²) in [6.07, 6.45) is 12.4. The zero-order valence-corrected chi connectivity index (χ0v) is 73.9. The number of hydrogen-bond donors (Lipinski definition) is 0. The van der Waals surface area contributed by atoms with Crippen LogP contribution in [0.5, 0.6) is 0 Å². The van der Waals surface area contributed by atoms with E-state index >= 15 is 0 Å². The number of nitrogens with zero attached hydrogens (tertiary/aromatic N) is 23. The number of fused-ring (bicyclic) bond motifs is 6. The van der Waals surface area contributed by atoms with Crippen molar-refractivity contribution in [2.24, 2.45) is 0 Å². The first kappa shape index (κ1) is 68.0. The molecule has 0 N–H and O–H groups in total. The molecule has 26 heteroatoms. The summed E-state index contributed by atoms with van der Waals surface area (Å²) in [4.78, 5) is 52.8. The molecule has 120 heavy (non-hydrogen) atoms. The first-order valence-corrected chi connectivity index (χ1v) is 37.0. The monoisotopic (exact) mass is 2140 g/mol. The smallest absolute Gasteiger partial charge is 0.512 e. The molecule has 23 nitrogen and oxygen atoms in total. The molecule has 6 aromatic carbocycles. The van der Waals surface area contributed by atoms with Gasteiger partial charge in [-0.05, 0) is 205 Å². The first-order valence-electron chi connectivity index (χ1n) is 46.0. The van der Waals surface area contributed by atoms with Gasteiger partial charge < -0.3 is 94.3 Å². The SMILES string of the molecule is [2H]C([2H])([2H])N1[CH-]N(c2[c-]c(N3[CH-]N(C([2H])([2H])[2H])c4cccnc43)cc(-c3c(C(C)C)cc(C(C)C)cc3C(C)C)c2)c2ncccc21.[2H]C([2H])([2H])N1[CH-]N(c2[c-]c(N3[CH-]N(C([2H])([2H])[2H])c4cccnc43)cc(-c3c(C)cc(C)cc3C)c2)c2ncccc21.[2H]C([2H])([2H])N1[CH-]N(c2[c-]c(N3[CH-]N(C([2H])([2H])[2H])c4nccnc43)cc(-c3c(C)cc(C)cc3C)c2)c2nccnc21.[C-]#N.[C-]#N.[C-]#N.[Pt+4].[Pt+4].[Pt+4]. The number of aryl methyl sites for hydroxylation is 6. The maximum atomic E-state index is 8.22. The second-order valence-electron chi connectivity index (χ2n) is 28.9. The molecule has 12 heterocycles. The van der Waals surface area contributed by atoms with E-state index in [0.29, 0.717) is 97.7 Å². The number of rotatable bonds is 12. The van der Waals surface area contributed by atoms with Crippen LogP contribution in [0.15, 0.2) is 171 Å². The number of aromatic nitrogens is 8.